The van der Waals surface area contributed by atoms with Crippen LogP contribution in [-0.4, -0.2) is 16.8 Å². The number of amides is 1. The Bertz CT molecular complexity index is 498. The molecule has 17 heavy (non-hydrogen) atoms. The number of benzene rings is 1. The number of nitrogens with one attached hydrogen (secondary N) is 1. The lowest BCUT2D eigenvalue weighted by molar-refractivity contribution is -0.118. The summed E-state index contributed by atoms with van der Waals surface area (Å²) in [5.74, 6) is -0.195. The third-order valence-electron chi connectivity index (χ3n) is 2.17. The minimum atomic E-state index is -0.178. The Kier molecular flexibility index (Phi) is 4.12. The van der Waals surface area contributed by atoms with Crippen LogP contribution < -0.4 is 5.32 Å². The lowest BCUT2D eigenvalue weighted by Crippen LogP contribution is -2.23. The van der Waals surface area contributed by atoms with Crippen LogP contribution in [0.2, 0.25) is 0 Å². The van der Waals surface area contributed by atoms with Crippen LogP contribution in [0.15, 0.2) is 36.5 Å². The van der Waals surface area contributed by atoms with Crippen molar-refractivity contribution in [2.45, 2.75) is 6.54 Å². The number of aromatic nitrogens is 1. The molecule has 0 bridgehead atoms. The Morgan fingerprint density at radius 3 is 2.82 bits per heavy atom. The molecule has 1 aromatic heterocycles. The topological polar surface area (TPSA) is 42.0 Å². The van der Waals surface area contributed by atoms with Gasteiger partial charge in [0.2, 0.25) is 5.91 Å². The predicted molar refractivity (Wildman–Crippen MR) is 70.1 cm³/mol. The van der Waals surface area contributed by atoms with E-state index in [0.717, 1.165) is 15.4 Å². The normalized spacial score (nSPS) is 10.2. The molecule has 0 aliphatic rings. The summed E-state index contributed by atoms with van der Waals surface area (Å²) in [7, 11) is 0. The molecule has 5 heteroatoms. The van der Waals surface area contributed by atoms with E-state index in [4.69, 9.17) is 11.6 Å². The standard InChI is InChI=1S/C12H11ClN2OS/c13-6-11(16)14-8-12-15-7-10(17-12)9-4-2-1-3-5-9/h1-5,7H,6,8H2,(H,14,16). The summed E-state index contributed by atoms with van der Waals surface area (Å²) < 4.78 is 0. The maximum absolute atomic E-state index is 11.0. The number of hydrogen-bond acceptors (Lipinski definition) is 3. The van der Waals surface area contributed by atoms with Gasteiger partial charge in [-0.3, -0.25) is 4.79 Å². The van der Waals surface area contributed by atoms with Crippen LogP contribution in [0.1, 0.15) is 5.01 Å². The van der Waals surface area contributed by atoms with Gasteiger partial charge in [-0.1, -0.05) is 30.3 Å². The van der Waals surface area contributed by atoms with Gasteiger partial charge in [-0.2, -0.15) is 0 Å². The fraction of sp³-hybridized carbons (Fsp3) is 0.167. The van der Waals surface area contributed by atoms with Crippen LogP contribution in [0.25, 0.3) is 10.4 Å². The van der Waals surface area contributed by atoms with E-state index < -0.39 is 0 Å². The molecule has 0 aliphatic heterocycles. The first-order valence-electron chi connectivity index (χ1n) is 5.12. The van der Waals surface area contributed by atoms with Crippen LogP contribution in [-0.2, 0) is 11.3 Å². The molecule has 1 amide bonds. The Labute approximate surface area is 108 Å². The van der Waals surface area contributed by atoms with E-state index in [2.05, 4.69) is 10.3 Å². The van der Waals surface area contributed by atoms with Crippen LogP contribution in [0.3, 0.4) is 0 Å². The van der Waals surface area contributed by atoms with Gasteiger partial charge in [0, 0.05) is 6.20 Å². The Morgan fingerprint density at radius 1 is 1.35 bits per heavy atom. The van der Waals surface area contributed by atoms with E-state index in [0.29, 0.717) is 6.54 Å². The van der Waals surface area contributed by atoms with Gasteiger partial charge in [0.1, 0.15) is 10.9 Å². The molecular formula is C12H11ClN2OS. The van der Waals surface area contributed by atoms with Gasteiger partial charge >= 0.3 is 0 Å². The number of alkyl halides is 1. The molecule has 2 rings (SSSR count). The highest BCUT2D eigenvalue weighted by Crippen LogP contribution is 2.25. The molecule has 0 atom stereocenters. The van der Waals surface area contributed by atoms with Crippen molar-refractivity contribution >= 4 is 28.8 Å². The van der Waals surface area contributed by atoms with Crippen molar-refractivity contribution in [3.8, 4) is 10.4 Å². The zero-order chi connectivity index (χ0) is 12.1. The zero-order valence-electron chi connectivity index (χ0n) is 9.02. The third-order valence-corrected chi connectivity index (χ3v) is 3.46. The van der Waals surface area contributed by atoms with Crippen molar-refractivity contribution in [3.05, 3.63) is 41.5 Å². The summed E-state index contributed by atoms with van der Waals surface area (Å²) in [6, 6.07) is 10.0. The van der Waals surface area contributed by atoms with Crippen molar-refractivity contribution in [1.82, 2.24) is 10.3 Å². The lowest BCUT2D eigenvalue weighted by atomic mass is 10.2. The van der Waals surface area contributed by atoms with Crippen LogP contribution >= 0.6 is 22.9 Å². The van der Waals surface area contributed by atoms with Crippen LogP contribution in [0, 0.1) is 0 Å². The number of thiazole rings is 1. The van der Waals surface area contributed by atoms with E-state index in [1.165, 1.54) is 0 Å². The number of carbonyl (C=O) groups excluding carboxylic acids is 1. The average Bonchev–Trinajstić information content (AvgIpc) is 2.86. The molecule has 0 saturated heterocycles. The number of nitrogens with zero attached hydrogens (tertiary/aromatic N) is 1. The molecule has 0 radical (unpaired) electrons. The van der Waals surface area contributed by atoms with Crippen molar-refractivity contribution in [3.63, 3.8) is 0 Å². The van der Waals surface area contributed by atoms with E-state index >= 15 is 0 Å². The van der Waals surface area contributed by atoms with Crippen molar-refractivity contribution in [2.24, 2.45) is 0 Å². The second-order valence-electron chi connectivity index (χ2n) is 3.39. The Balaban J connectivity index is 2.04. The average molecular weight is 267 g/mol. The maximum Gasteiger partial charge on any atom is 0.235 e. The van der Waals surface area contributed by atoms with E-state index in [1.54, 1.807) is 11.3 Å². The number of carbonyl (C=O) groups is 1. The fourth-order valence-electron chi connectivity index (χ4n) is 1.35. The number of rotatable bonds is 4. The first-order chi connectivity index (χ1) is 8.29. The molecule has 2 aromatic rings. The maximum atomic E-state index is 11.0. The van der Waals surface area contributed by atoms with Gasteiger partial charge in [0.15, 0.2) is 0 Å². The van der Waals surface area contributed by atoms with Crippen LogP contribution in [0.4, 0.5) is 0 Å². The summed E-state index contributed by atoms with van der Waals surface area (Å²) in [5.41, 5.74) is 1.14. The molecule has 0 unspecified atom stereocenters. The summed E-state index contributed by atoms with van der Waals surface area (Å²) in [6.07, 6.45) is 1.82. The molecule has 88 valence electrons. The van der Waals surface area contributed by atoms with Crippen molar-refractivity contribution in [1.29, 1.82) is 0 Å². The zero-order valence-corrected chi connectivity index (χ0v) is 10.6. The lowest BCUT2D eigenvalue weighted by Gasteiger charge is -1.98. The molecule has 3 nitrogen and oxygen atoms in total. The molecule has 1 aromatic carbocycles. The second kappa shape index (κ2) is 5.80. The quantitative estimate of drug-likeness (QED) is 0.865. The summed E-state index contributed by atoms with van der Waals surface area (Å²) in [4.78, 5) is 16.4. The predicted octanol–water partition coefficient (Wildman–Crippen LogP) is 2.67. The van der Waals surface area contributed by atoms with Crippen LogP contribution in [0.5, 0.6) is 0 Å². The van der Waals surface area contributed by atoms with Gasteiger partial charge in [0.25, 0.3) is 0 Å². The SMILES string of the molecule is O=C(CCl)NCc1ncc(-c2ccccc2)s1. The first-order valence-corrected chi connectivity index (χ1v) is 6.47. The molecule has 1 N–H and O–H groups in total. The highest BCUT2D eigenvalue weighted by Gasteiger charge is 2.05. The molecule has 0 fully saturated rings. The fourth-order valence-corrected chi connectivity index (χ4v) is 2.31. The van der Waals surface area contributed by atoms with E-state index in [9.17, 15) is 4.79 Å². The van der Waals surface area contributed by atoms with Crippen molar-refractivity contribution in [2.75, 3.05) is 5.88 Å². The summed E-state index contributed by atoms with van der Waals surface area (Å²) in [6.45, 7) is 0.434. The van der Waals surface area contributed by atoms with Gasteiger partial charge in [0.05, 0.1) is 11.4 Å². The Hall–Kier alpha value is -1.39. The van der Waals surface area contributed by atoms with Gasteiger partial charge in [-0.05, 0) is 5.56 Å². The van der Waals surface area contributed by atoms with Gasteiger partial charge < -0.3 is 5.32 Å². The molecule has 0 spiro atoms. The van der Waals surface area contributed by atoms with E-state index in [-0.39, 0.29) is 11.8 Å². The number of hydrogen-bond donors (Lipinski definition) is 1. The van der Waals surface area contributed by atoms with Crippen molar-refractivity contribution < 1.29 is 4.79 Å². The van der Waals surface area contributed by atoms with Gasteiger partial charge in [-0.25, -0.2) is 4.98 Å². The largest absolute Gasteiger partial charge is 0.349 e. The minimum absolute atomic E-state index is 0.0169. The monoisotopic (exact) mass is 266 g/mol. The molecular weight excluding hydrogens is 256 g/mol. The smallest absolute Gasteiger partial charge is 0.235 e. The third kappa shape index (κ3) is 3.28. The van der Waals surface area contributed by atoms with Gasteiger partial charge in [-0.15, -0.1) is 22.9 Å². The second-order valence-corrected chi connectivity index (χ2v) is 4.78. The Morgan fingerprint density at radius 2 is 2.12 bits per heavy atom. The molecule has 0 saturated carbocycles. The molecule has 1 heterocycles. The first kappa shape index (κ1) is 12.1. The summed E-state index contributed by atoms with van der Waals surface area (Å²) >= 11 is 6.96. The minimum Gasteiger partial charge on any atom is -0.349 e. The number of halogens is 1. The highest BCUT2D eigenvalue weighted by atomic mass is 35.5. The highest BCUT2D eigenvalue weighted by molar-refractivity contribution is 7.15. The van der Waals surface area contributed by atoms with E-state index in [1.807, 2.05) is 36.5 Å². The summed E-state index contributed by atoms with van der Waals surface area (Å²) in [5, 5.41) is 3.57. The molecule has 0 aliphatic carbocycles.